The molecule has 2 fully saturated rings. The summed E-state index contributed by atoms with van der Waals surface area (Å²) in [6, 6.07) is 0.424. The molecule has 2 N–H and O–H groups in total. The standard InChI is InChI=1S/C17H35N3/c1-13-9-14(2)16(17(18)10-13)12-20-7-5-15(6-8-20)11-19(3)4/h13-17H,5-12,18H2,1-4H3. The first kappa shape index (κ1) is 16.3. The van der Waals surface area contributed by atoms with Crippen molar-refractivity contribution >= 4 is 0 Å². The summed E-state index contributed by atoms with van der Waals surface area (Å²) in [5.41, 5.74) is 6.44. The summed E-state index contributed by atoms with van der Waals surface area (Å²) in [7, 11) is 4.38. The van der Waals surface area contributed by atoms with E-state index in [1.165, 1.54) is 51.9 Å². The number of hydrogen-bond donors (Lipinski definition) is 1. The second kappa shape index (κ2) is 7.24. The van der Waals surface area contributed by atoms with Crippen molar-refractivity contribution in [3.63, 3.8) is 0 Å². The van der Waals surface area contributed by atoms with E-state index in [-0.39, 0.29) is 0 Å². The highest BCUT2D eigenvalue weighted by atomic mass is 15.1. The third-order valence-corrected chi connectivity index (χ3v) is 5.53. The fourth-order valence-corrected chi connectivity index (χ4v) is 4.45. The van der Waals surface area contributed by atoms with Gasteiger partial charge in [-0.25, -0.2) is 0 Å². The Morgan fingerprint density at radius 3 is 2.30 bits per heavy atom. The van der Waals surface area contributed by atoms with E-state index in [9.17, 15) is 0 Å². The van der Waals surface area contributed by atoms with Crippen LogP contribution in [0.25, 0.3) is 0 Å². The zero-order valence-electron chi connectivity index (χ0n) is 14.0. The Bertz CT molecular complexity index is 272. The van der Waals surface area contributed by atoms with Crippen molar-refractivity contribution in [1.29, 1.82) is 0 Å². The normalized spacial score (nSPS) is 37.5. The monoisotopic (exact) mass is 281 g/mol. The molecule has 0 aromatic carbocycles. The van der Waals surface area contributed by atoms with E-state index in [0.717, 1.165) is 23.7 Å². The summed E-state index contributed by atoms with van der Waals surface area (Å²) in [5, 5.41) is 0. The van der Waals surface area contributed by atoms with Crippen LogP contribution >= 0.6 is 0 Å². The average molecular weight is 281 g/mol. The fourth-order valence-electron chi connectivity index (χ4n) is 4.45. The van der Waals surface area contributed by atoms with Crippen LogP contribution in [-0.4, -0.2) is 56.1 Å². The molecule has 0 aromatic rings. The molecule has 20 heavy (non-hydrogen) atoms. The molecule has 0 bridgehead atoms. The van der Waals surface area contributed by atoms with Crippen molar-refractivity contribution in [3.05, 3.63) is 0 Å². The van der Waals surface area contributed by atoms with Crippen molar-refractivity contribution in [2.45, 2.75) is 45.6 Å². The van der Waals surface area contributed by atoms with Crippen molar-refractivity contribution in [2.24, 2.45) is 29.4 Å². The number of piperidine rings is 1. The molecule has 0 amide bonds. The van der Waals surface area contributed by atoms with Gasteiger partial charge in [0.25, 0.3) is 0 Å². The van der Waals surface area contributed by atoms with Crippen LogP contribution in [0.2, 0.25) is 0 Å². The number of rotatable bonds is 4. The van der Waals surface area contributed by atoms with Crippen molar-refractivity contribution in [3.8, 4) is 0 Å². The molecule has 3 heteroatoms. The van der Waals surface area contributed by atoms with Crippen molar-refractivity contribution < 1.29 is 0 Å². The number of likely N-dealkylation sites (tertiary alicyclic amines) is 1. The third-order valence-electron chi connectivity index (χ3n) is 5.53. The van der Waals surface area contributed by atoms with Crippen molar-refractivity contribution in [2.75, 3.05) is 40.3 Å². The van der Waals surface area contributed by atoms with Gasteiger partial charge < -0.3 is 15.5 Å². The number of nitrogens with zero attached hydrogens (tertiary/aromatic N) is 2. The van der Waals surface area contributed by atoms with Gasteiger partial charge >= 0.3 is 0 Å². The van der Waals surface area contributed by atoms with Crippen LogP contribution in [0.3, 0.4) is 0 Å². The van der Waals surface area contributed by atoms with Gasteiger partial charge in [-0.15, -0.1) is 0 Å². The highest BCUT2D eigenvalue weighted by Gasteiger charge is 2.33. The molecule has 0 radical (unpaired) electrons. The molecule has 1 heterocycles. The van der Waals surface area contributed by atoms with E-state index in [1.54, 1.807) is 0 Å². The van der Waals surface area contributed by atoms with Crippen LogP contribution in [-0.2, 0) is 0 Å². The largest absolute Gasteiger partial charge is 0.327 e. The summed E-state index contributed by atoms with van der Waals surface area (Å²) in [6.45, 7) is 9.83. The Morgan fingerprint density at radius 1 is 1.10 bits per heavy atom. The SMILES string of the molecule is CC1CC(C)C(CN2CCC(CN(C)C)CC2)C(N)C1. The van der Waals surface area contributed by atoms with E-state index in [2.05, 4.69) is 37.7 Å². The molecule has 1 aliphatic carbocycles. The quantitative estimate of drug-likeness (QED) is 0.858. The maximum absolute atomic E-state index is 6.44. The molecular formula is C17H35N3. The Labute approximate surface area is 125 Å². The predicted molar refractivity (Wildman–Crippen MR) is 86.7 cm³/mol. The molecule has 4 atom stereocenters. The van der Waals surface area contributed by atoms with Crippen LogP contribution in [0.1, 0.15) is 39.5 Å². The van der Waals surface area contributed by atoms with Crippen LogP contribution in [0, 0.1) is 23.7 Å². The highest BCUT2D eigenvalue weighted by Crippen LogP contribution is 2.34. The Morgan fingerprint density at radius 2 is 1.75 bits per heavy atom. The topological polar surface area (TPSA) is 32.5 Å². The zero-order chi connectivity index (χ0) is 14.7. The second-order valence-corrected chi connectivity index (χ2v) is 7.89. The van der Waals surface area contributed by atoms with Gasteiger partial charge in [-0.2, -0.15) is 0 Å². The lowest BCUT2D eigenvalue weighted by Crippen LogP contribution is -2.48. The van der Waals surface area contributed by atoms with Gasteiger partial charge in [0.15, 0.2) is 0 Å². The predicted octanol–water partition coefficient (Wildman–Crippen LogP) is 2.27. The summed E-state index contributed by atoms with van der Waals surface area (Å²) in [6.07, 6.45) is 5.33. The molecule has 118 valence electrons. The first-order chi connectivity index (χ1) is 9.45. The summed E-state index contributed by atoms with van der Waals surface area (Å²) in [5.74, 6) is 3.24. The lowest BCUT2D eigenvalue weighted by molar-refractivity contribution is 0.0898. The molecule has 3 nitrogen and oxygen atoms in total. The van der Waals surface area contributed by atoms with Crippen LogP contribution in [0.4, 0.5) is 0 Å². The number of nitrogens with two attached hydrogens (primary N) is 1. The van der Waals surface area contributed by atoms with Gasteiger partial charge in [0.2, 0.25) is 0 Å². The highest BCUT2D eigenvalue weighted by molar-refractivity contribution is 4.88. The summed E-state index contributed by atoms with van der Waals surface area (Å²) >= 11 is 0. The van der Waals surface area contributed by atoms with E-state index in [0.29, 0.717) is 6.04 Å². The first-order valence-electron chi connectivity index (χ1n) is 8.58. The molecule has 2 rings (SSSR count). The second-order valence-electron chi connectivity index (χ2n) is 7.89. The molecular weight excluding hydrogens is 246 g/mol. The molecule has 1 aliphatic heterocycles. The van der Waals surface area contributed by atoms with E-state index < -0.39 is 0 Å². The van der Waals surface area contributed by atoms with Crippen LogP contribution in [0.5, 0.6) is 0 Å². The van der Waals surface area contributed by atoms with E-state index >= 15 is 0 Å². The fraction of sp³-hybridized carbons (Fsp3) is 1.00. The molecule has 0 spiro atoms. The van der Waals surface area contributed by atoms with Crippen molar-refractivity contribution in [1.82, 2.24) is 9.80 Å². The molecule has 2 aliphatic rings. The molecule has 0 aromatic heterocycles. The molecule has 4 unspecified atom stereocenters. The zero-order valence-corrected chi connectivity index (χ0v) is 14.0. The van der Waals surface area contributed by atoms with Gasteiger partial charge in [0.05, 0.1) is 0 Å². The average Bonchev–Trinajstić information content (AvgIpc) is 2.35. The smallest absolute Gasteiger partial charge is 0.00844 e. The third kappa shape index (κ3) is 4.44. The van der Waals surface area contributed by atoms with Gasteiger partial charge in [0.1, 0.15) is 0 Å². The van der Waals surface area contributed by atoms with Crippen LogP contribution in [0.15, 0.2) is 0 Å². The Balaban J connectivity index is 1.77. The summed E-state index contributed by atoms with van der Waals surface area (Å²) < 4.78 is 0. The van der Waals surface area contributed by atoms with E-state index in [4.69, 9.17) is 5.73 Å². The van der Waals surface area contributed by atoms with E-state index in [1.807, 2.05) is 0 Å². The minimum Gasteiger partial charge on any atom is -0.327 e. The lowest BCUT2D eigenvalue weighted by atomic mass is 9.72. The van der Waals surface area contributed by atoms with Gasteiger partial charge in [-0.3, -0.25) is 0 Å². The Hall–Kier alpha value is -0.120. The minimum absolute atomic E-state index is 0.424. The molecule has 1 saturated heterocycles. The van der Waals surface area contributed by atoms with Gasteiger partial charge in [-0.1, -0.05) is 13.8 Å². The Kier molecular flexibility index (Phi) is 5.88. The van der Waals surface area contributed by atoms with Gasteiger partial charge in [-0.05, 0) is 76.5 Å². The maximum Gasteiger partial charge on any atom is 0.00844 e. The lowest BCUT2D eigenvalue weighted by Gasteiger charge is -2.42. The minimum atomic E-state index is 0.424. The molecule has 1 saturated carbocycles. The first-order valence-corrected chi connectivity index (χ1v) is 8.58. The van der Waals surface area contributed by atoms with Gasteiger partial charge in [0, 0.05) is 19.1 Å². The maximum atomic E-state index is 6.44. The summed E-state index contributed by atoms with van der Waals surface area (Å²) in [4.78, 5) is 5.02. The van der Waals surface area contributed by atoms with Crippen LogP contribution < -0.4 is 5.73 Å². The number of hydrogen-bond acceptors (Lipinski definition) is 3.